The van der Waals surface area contributed by atoms with Gasteiger partial charge in [0.2, 0.25) is 0 Å². The van der Waals surface area contributed by atoms with Gasteiger partial charge in [-0.2, -0.15) is 0 Å². The largest absolute Gasteiger partial charge is 0.508 e. The molecular formula is C24H16ClF2NO5. The van der Waals surface area contributed by atoms with Gasteiger partial charge in [-0.05, 0) is 48.0 Å². The van der Waals surface area contributed by atoms with Crippen molar-refractivity contribution in [1.82, 2.24) is 0 Å². The van der Waals surface area contributed by atoms with Crippen molar-refractivity contribution >= 4 is 34.7 Å². The monoisotopic (exact) mass is 471 g/mol. The third-order valence-electron chi connectivity index (χ3n) is 5.22. The Kier molecular flexibility index (Phi) is 5.78. The Balaban J connectivity index is 2.02. The number of amides is 1. The molecule has 1 fully saturated rings. The maximum absolute atomic E-state index is 14.7. The number of aromatic hydroxyl groups is 1. The highest BCUT2D eigenvalue weighted by Crippen LogP contribution is 2.44. The minimum absolute atomic E-state index is 0.0349. The first-order valence-electron chi connectivity index (χ1n) is 9.61. The van der Waals surface area contributed by atoms with Gasteiger partial charge in [0.1, 0.15) is 28.9 Å². The Morgan fingerprint density at radius 3 is 2.48 bits per heavy atom. The molecule has 1 unspecified atom stereocenters. The fourth-order valence-corrected chi connectivity index (χ4v) is 3.95. The van der Waals surface area contributed by atoms with Crippen LogP contribution in [-0.4, -0.2) is 29.0 Å². The molecule has 1 saturated heterocycles. The van der Waals surface area contributed by atoms with Crippen LogP contribution < -0.4 is 9.64 Å². The molecule has 9 heteroatoms. The second-order valence-electron chi connectivity index (χ2n) is 7.20. The number of ether oxygens (including phenoxy) is 1. The number of rotatable bonds is 4. The van der Waals surface area contributed by atoms with Crippen LogP contribution in [-0.2, 0) is 9.59 Å². The molecule has 0 spiro atoms. The number of carbonyl (C=O) groups is 2. The van der Waals surface area contributed by atoms with Crippen LogP contribution in [0.2, 0.25) is 5.02 Å². The fourth-order valence-electron chi connectivity index (χ4n) is 3.78. The van der Waals surface area contributed by atoms with Gasteiger partial charge in [0.25, 0.3) is 11.7 Å². The maximum atomic E-state index is 14.7. The number of benzene rings is 3. The molecule has 3 aromatic carbocycles. The summed E-state index contributed by atoms with van der Waals surface area (Å²) in [4.78, 5) is 26.9. The number of phenolic OH excluding ortho intramolecular Hbond substituents is 1. The summed E-state index contributed by atoms with van der Waals surface area (Å²) in [5, 5.41) is 21.4. The van der Waals surface area contributed by atoms with Gasteiger partial charge in [-0.1, -0.05) is 23.7 Å². The predicted octanol–water partition coefficient (Wildman–Crippen LogP) is 4.96. The first-order valence-corrected chi connectivity index (χ1v) is 9.99. The molecule has 3 aromatic rings. The molecule has 0 aliphatic carbocycles. The van der Waals surface area contributed by atoms with E-state index in [0.717, 1.165) is 17.0 Å². The minimum Gasteiger partial charge on any atom is -0.508 e. The summed E-state index contributed by atoms with van der Waals surface area (Å²) in [7, 11) is 1.35. The summed E-state index contributed by atoms with van der Waals surface area (Å²) < 4.78 is 33.4. The molecule has 0 bridgehead atoms. The minimum atomic E-state index is -1.33. The van der Waals surface area contributed by atoms with Crippen molar-refractivity contribution < 1.29 is 33.3 Å². The van der Waals surface area contributed by atoms with Crippen molar-refractivity contribution in [2.45, 2.75) is 6.04 Å². The van der Waals surface area contributed by atoms with Crippen LogP contribution in [0.3, 0.4) is 0 Å². The number of Topliss-reactive ketones (excluding diaryl/α,β-unsaturated/α-hetero) is 1. The third-order valence-corrected chi connectivity index (χ3v) is 5.45. The SMILES string of the molecule is COc1ccc(Cl)cc1/C(O)=C1\C(=O)C(=O)N(c2ccc(F)cc2F)C1c1cccc(O)c1. The lowest BCUT2D eigenvalue weighted by molar-refractivity contribution is -0.132. The van der Waals surface area contributed by atoms with Crippen LogP contribution in [0.5, 0.6) is 11.5 Å². The molecular weight excluding hydrogens is 456 g/mol. The second-order valence-corrected chi connectivity index (χ2v) is 7.64. The molecule has 1 heterocycles. The van der Waals surface area contributed by atoms with E-state index in [1.54, 1.807) is 0 Å². The molecule has 2 N–H and O–H groups in total. The fraction of sp³-hybridized carbons (Fsp3) is 0.0833. The van der Waals surface area contributed by atoms with Crippen molar-refractivity contribution in [3.8, 4) is 11.5 Å². The van der Waals surface area contributed by atoms with E-state index in [9.17, 15) is 28.6 Å². The Morgan fingerprint density at radius 1 is 1.06 bits per heavy atom. The average molecular weight is 472 g/mol. The van der Waals surface area contributed by atoms with Gasteiger partial charge in [-0.3, -0.25) is 14.5 Å². The Hall–Kier alpha value is -3.91. The molecule has 0 saturated carbocycles. The zero-order valence-electron chi connectivity index (χ0n) is 17.1. The number of anilines is 1. The Labute approximate surface area is 191 Å². The number of aliphatic hydroxyl groups is 1. The number of ketones is 1. The van der Waals surface area contributed by atoms with E-state index >= 15 is 0 Å². The Bertz CT molecular complexity index is 1320. The Morgan fingerprint density at radius 2 is 1.82 bits per heavy atom. The molecule has 1 aliphatic rings. The lowest BCUT2D eigenvalue weighted by Gasteiger charge is -2.26. The van der Waals surface area contributed by atoms with Crippen LogP contribution in [0.25, 0.3) is 5.76 Å². The van der Waals surface area contributed by atoms with Gasteiger partial charge in [-0.15, -0.1) is 0 Å². The summed E-state index contributed by atoms with van der Waals surface area (Å²) >= 11 is 6.05. The number of hydrogen-bond acceptors (Lipinski definition) is 5. The molecule has 33 heavy (non-hydrogen) atoms. The average Bonchev–Trinajstić information content (AvgIpc) is 3.04. The standard InChI is InChI=1S/C24H16ClF2NO5/c1-33-19-8-5-13(25)10-16(19)22(30)20-21(12-3-2-4-15(29)9-12)28(24(32)23(20)31)18-7-6-14(26)11-17(18)27/h2-11,21,29-30H,1H3/b22-20+. The highest BCUT2D eigenvalue weighted by molar-refractivity contribution is 6.51. The van der Waals surface area contributed by atoms with Gasteiger partial charge < -0.3 is 14.9 Å². The van der Waals surface area contributed by atoms with E-state index < -0.39 is 35.1 Å². The van der Waals surface area contributed by atoms with E-state index in [0.29, 0.717) is 6.07 Å². The van der Waals surface area contributed by atoms with Gasteiger partial charge in [-0.25, -0.2) is 8.78 Å². The molecule has 4 rings (SSSR count). The highest BCUT2D eigenvalue weighted by Gasteiger charge is 2.48. The van der Waals surface area contributed by atoms with E-state index in [1.165, 1.54) is 49.6 Å². The van der Waals surface area contributed by atoms with E-state index in [2.05, 4.69) is 0 Å². The number of phenols is 1. The van der Waals surface area contributed by atoms with E-state index in [4.69, 9.17) is 16.3 Å². The number of nitrogens with zero attached hydrogens (tertiary/aromatic N) is 1. The quantitative estimate of drug-likeness (QED) is 0.319. The van der Waals surface area contributed by atoms with E-state index in [-0.39, 0.29) is 38.9 Å². The molecule has 0 aromatic heterocycles. The van der Waals surface area contributed by atoms with Crippen LogP contribution >= 0.6 is 11.6 Å². The topological polar surface area (TPSA) is 87.1 Å². The molecule has 1 atom stereocenters. The van der Waals surface area contributed by atoms with Crippen molar-refractivity contribution in [2.75, 3.05) is 12.0 Å². The number of hydrogen-bond donors (Lipinski definition) is 2. The molecule has 1 aliphatic heterocycles. The van der Waals surface area contributed by atoms with Gasteiger partial charge in [0, 0.05) is 11.1 Å². The summed E-state index contributed by atoms with van der Waals surface area (Å²) in [6.45, 7) is 0. The summed E-state index contributed by atoms with van der Waals surface area (Å²) in [6, 6.07) is 11.1. The number of halogens is 3. The van der Waals surface area contributed by atoms with Gasteiger partial charge in [0.05, 0.1) is 30.0 Å². The maximum Gasteiger partial charge on any atom is 0.300 e. The normalized spacial score (nSPS) is 17.5. The molecule has 6 nitrogen and oxygen atoms in total. The van der Waals surface area contributed by atoms with Crippen LogP contribution in [0.15, 0.2) is 66.2 Å². The number of aliphatic hydroxyl groups excluding tert-OH is 1. The summed E-state index contributed by atoms with van der Waals surface area (Å²) in [5.74, 6) is -4.81. The zero-order chi connectivity index (χ0) is 23.9. The third kappa shape index (κ3) is 3.89. The molecule has 1 amide bonds. The molecule has 168 valence electrons. The summed E-state index contributed by atoms with van der Waals surface area (Å²) in [6.07, 6.45) is 0. The lowest BCUT2D eigenvalue weighted by atomic mass is 9.94. The predicted molar refractivity (Wildman–Crippen MR) is 117 cm³/mol. The lowest BCUT2D eigenvalue weighted by Crippen LogP contribution is -2.30. The molecule has 0 radical (unpaired) electrons. The summed E-state index contributed by atoms with van der Waals surface area (Å²) in [5.41, 5.74) is -0.507. The number of carbonyl (C=O) groups excluding carboxylic acids is 2. The van der Waals surface area contributed by atoms with Gasteiger partial charge in [0.15, 0.2) is 0 Å². The van der Waals surface area contributed by atoms with Crippen LogP contribution in [0.4, 0.5) is 14.5 Å². The van der Waals surface area contributed by atoms with Crippen molar-refractivity contribution in [3.05, 3.63) is 94.0 Å². The van der Waals surface area contributed by atoms with Crippen LogP contribution in [0.1, 0.15) is 17.2 Å². The van der Waals surface area contributed by atoms with Crippen LogP contribution in [0, 0.1) is 11.6 Å². The number of methoxy groups -OCH3 is 1. The second kappa shape index (κ2) is 8.55. The van der Waals surface area contributed by atoms with Gasteiger partial charge >= 0.3 is 0 Å². The van der Waals surface area contributed by atoms with E-state index in [1.807, 2.05) is 0 Å². The highest BCUT2D eigenvalue weighted by atomic mass is 35.5. The first-order chi connectivity index (χ1) is 15.7. The van der Waals surface area contributed by atoms with Crippen molar-refractivity contribution in [3.63, 3.8) is 0 Å². The van der Waals surface area contributed by atoms with Crippen molar-refractivity contribution in [1.29, 1.82) is 0 Å². The first kappa shape index (κ1) is 22.3. The zero-order valence-corrected chi connectivity index (χ0v) is 17.8. The smallest absolute Gasteiger partial charge is 0.300 e. The van der Waals surface area contributed by atoms with Crippen molar-refractivity contribution in [2.24, 2.45) is 0 Å².